The summed E-state index contributed by atoms with van der Waals surface area (Å²) in [5.74, 6) is 1.40. The lowest BCUT2D eigenvalue weighted by Crippen LogP contribution is -2.36. The Labute approximate surface area is 192 Å². The third-order valence-electron chi connectivity index (χ3n) is 5.72. The van der Waals surface area contributed by atoms with Gasteiger partial charge in [-0.2, -0.15) is 0 Å². The summed E-state index contributed by atoms with van der Waals surface area (Å²) in [6.45, 7) is 5.19. The van der Waals surface area contributed by atoms with Gasteiger partial charge in [0.05, 0.1) is 24.2 Å². The van der Waals surface area contributed by atoms with Crippen LogP contribution in [0.15, 0.2) is 59.8 Å². The first-order valence-corrected chi connectivity index (χ1v) is 12.0. The third-order valence-corrected chi connectivity index (χ3v) is 6.67. The Kier molecular flexibility index (Phi) is 6.14. The predicted molar refractivity (Wildman–Crippen MR) is 127 cm³/mol. The molecule has 8 heteroatoms. The summed E-state index contributed by atoms with van der Waals surface area (Å²) in [6, 6.07) is 18.1. The smallest absolute Gasteiger partial charge is 0.237 e. The van der Waals surface area contributed by atoms with Gasteiger partial charge in [-0.05, 0) is 56.2 Å². The Morgan fingerprint density at radius 1 is 1.06 bits per heavy atom. The zero-order valence-corrected chi connectivity index (χ0v) is 18.9. The Balaban J connectivity index is 1.23. The van der Waals surface area contributed by atoms with Gasteiger partial charge in [0, 0.05) is 30.4 Å². The lowest BCUT2D eigenvalue weighted by Gasteiger charge is -2.28. The van der Waals surface area contributed by atoms with Crippen molar-refractivity contribution in [2.75, 3.05) is 36.5 Å². The van der Waals surface area contributed by atoms with Gasteiger partial charge in [0.15, 0.2) is 0 Å². The summed E-state index contributed by atoms with van der Waals surface area (Å²) in [5.41, 5.74) is 2.95. The van der Waals surface area contributed by atoms with Gasteiger partial charge in [0.1, 0.15) is 5.82 Å². The topological polar surface area (TPSA) is 72.3 Å². The molecule has 3 aromatic rings. The van der Waals surface area contributed by atoms with Gasteiger partial charge in [0.2, 0.25) is 11.1 Å². The van der Waals surface area contributed by atoms with Gasteiger partial charge in [0.25, 0.3) is 0 Å². The van der Waals surface area contributed by atoms with E-state index in [9.17, 15) is 4.79 Å². The molecule has 0 radical (unpaired) electrons. The van der Waals surface area contributed by atoms with Crippen molar-refractivity contribution in [1.29, 1.82) is 0 Å². The van der Waals surface area contributed by atoms with Crippen molar-refractivity contribution >= 4 is 29.0 Å². The van der Waals surface area contributed by atoms with Crippen molar-refractivity contribution in [3.8, 4) is 5.69 Å². The number of ether oxygens (including phenoxy) is 1. The van der Waals surface area contributed by atoms with Crippen LogP contribution in [0, 0.1) is 0 Å². The number of carbonyl (C=O) groups excluding carboxylic acids is 1. The van der Waals surface area contributed by atoms with E-state index in [2.05, 4.69) is 10.2 Å². The minimum Gasteiger partial charge on any atom is -0.378 e. The maximum atomic E-state index is 12.8. The molecule has 1 aliphatic heterocycles. The Morgan fingerprint density at radius 3 is 2.47 bits per heavy atom. The van der Waals surface area contributed by atoms with Crippen LogP contribution in [0.2, 0.25) is 0 Å². The molecule has 1 aromatic heterocycles. The van der Waals surface area contributed by atoms with Crippen molar-refractivity contribution in [3.05, 3.63) is 60.4 Å². The number of aromatic nitrogens is 3. The lowest BCUT2D eigenvalue weighted by atomic mass is 10.2. The van der Waals surface area contributed by atoms with E-state index in [-0.39, 0.29) is 11.2 Å². The minimum absolute atomic E-state index is 0.0573. The zero-order chi connectivity index (χ0) is 21.9. The second kappa shape index (κ2) is 9.34. The number of morpholine rings is 1. The summed E-state index contributed by atoms with van der Waals surface area (Å²) in [4.78, 5) is 19.8. The molecule has 1 atom stereocenters. The number of rotatable bonds is 7. The van der Waals surface area contributed by atoms with E-state index in [1.165, 1.54) is 11.8 Å². The van der Waals surface area contributed by atoms with Crippen LogP contribution in [-0.2, 0) is 9.53 Å². The van der Waals surface area contributed by atoms with Gasteiger partial charge < -0.3 is 15.0 Å². The Hall–Kier alpha value is -2.84. The van der Waals surface area contributed by atoms with Crippen LogP contribution in [0.3, 0.4) is 0 Å². The van der Waals surface area contributed by atoms with E-state index in [4.69, 9.17) is 14.8 Å². The molecule has 32 heavy (non-hydrogen) atoms. The molecule has 1 amide bonds. The summed E-state index contributed by atoms with van der Waals surface area (Å²) >= 11 is 1.39. The van der Waals surface area contributed by atoms with Crippen LogP contribution in [0.25, 0.3) is 5.69 Å². The highest BCUT2D eigenvalue weighted by Crippen LogP contribution is 2.40. The van der Waals surface area contributed by atoms with Crippen LogP contribution in [0.1, 0.15) is 31.5 Å². The average Bonchev–Trinajstić information content (AvgIpc) is 3.60. The predicted octanol–water partition coefficient (Wildman–Crippen LogP) is 4.10. The molecular weight excluding hydrogens is 422 g/mol. The minimum atomic E-state index is -0.312. The van der Waals surface area contributed by atoms with E-state index in [0.29, 0.717) is 11.1 Å². The summed E-state index contributed by atoms with van der Waals surface area (Å²) in [6.07, 6.45) is 2.29. The largest absolute Gasteiger partial charge is 0.378 e. The van der Waals surface area contributed by atoms with Crippen LogP contribution < -0.4 is 10.2 Å². The zero-order valence-electron chi connectivity index (χ0n) is 18.1. The number of anilines is 2. The van der Waals surface area contributed by atoms with Crippen LogP contribution in [0.5, 0.6) is 0 Å². The van der Waals surface area contributed by atoms with E-state index >= 15 is 0 Å². The number of amides is 1. The SMILES string of the molecule is CC(Sc1nc(C2CC2)n(-c2ccccc2)n1)C(=O)Nc1ccc(N2CCOCC2)cc1. The molecule has 2 aliphatic rings. The average molecular weight is 450 g/mol. The summed E-state index contributed by atoms with van der Waals surface area (Å²) in [5, 5.41) is 8.05. The molecule has 1 unspecified atom stereocenters. The van der Waals surface area contributed by atoms with Gasteiger partial charge in [-0.1, -0.05) is 30.0 Å². The van der Waals surface area contributed by atoms with E-state index in [1.54, 1.807) is 0 Å². The molecular formula is C24H27N5O2S. The first-order chi connectivity index (χ1) is 15.7. The number of hydrogen-bond acceptors (Lipinski definition) is 6. The molecule has 1 saturated carbocycles. The molecule has 7 nitrogen and oxygen atoms in total. The van der Waals surface area contributed by atoms with Crippen molar-refractivity contribution in [3.63, 3.8) is 0 Å². The molecule has 0 spiro atoms. The highest BCUT2D eigenvalue weighted by molar-refractivity contribution is 8.00. The van der Waals surface area contributed by atoms with E-state index < -0.39 is 0 Å². The molecule has 1 aliphatic carbocycles. The molecule has 1 N–H and O–H groups in total. The van der Waals surface area contributed by atoms with Crippen molar-refractivity contribution in [1.82, 2.24) is 14.8 Å². The first-order valence-electron chi connectivity index (χ1n) is 11.1. The maximum Gasteiger partial charge on any atom is 0.237 e. The molecule has 166 valence electrons. The van der Waals surface area contributed by atoms with E-state index in [0.717, 1.165) is 62.0 Å². The number of carbonyl (C=O) groups is 1. The second-order valence-electron chi connectivity index (χ2n) is 8.17. The number of thioether (sulfide) groups is 1. The lowest BCUT2D eigenvalue weighted by molar-refractivity contribution is -0.115. The highest BCUT2D eigenvalue weighted by atomic mass is 32.2. The monoisotopic (exact) mass is 449 g/mol. The standard InChI is InChI=1S/C24H27N5O2S/c1-17(23(30)25-19-9-11-20(12-10-19)28-13-15-31-16-14-28)32-24-26-22(18-7-8-18)29(27-24)21-5-3-2-4-6-21/h2-6,9-12,17-18H,7-8,13-16H2,1H3,(H,25,30). The third kappa shape index (κ3) is 4.81. The Bertz CT molecular complexity index is 1060. The number of para-hydroxylation sites is 1. The summed E-state index contributed by atoms with van der Waals surface area (Å²) in [7, 11) is 0. The highest BCUT2D eigenvalue weighted by Gasteiger charge is 2.31. The van der Waals surface area contributed by atoms with Crippen LogP contribution in [0.4, 0.5) is 11.4 Å². The first kappa shape index (κ1) is 21.0. The van der Waals surface area contributed by atoms with Gasteiger partial charge in [-0.25, -0.2) is 9.67 Å². The van der Waals surface area contributed by atoms with Crippen LogP contribution in [-0.4, -0.2) is 52.2 Å². The fraction of sp³-hybridized carbons (Fsp3) is 0.375. The number of benzene rings is 2. The molecule has 0 bridgehead atoms. The fourth-order valence-corrected chi connectivity index (χ4v) is 4.51. The van der Waals surface area contributed by atoms with Crippen molar-refractivity contribution < 1.29 is 9.53 Å². The molecule has 2 aromatic carbocycles. The molecule has 2 fully saturated rings. The number of nitrogens with one attached hydrogen (secondary N) is 1. The van der Waals surface area contributed by atoms with Gasteiger partial charge >= 0.3 is 0 Å². The normalized spacial score (nSPS) is 17.2. The van der Waals surface area contributed by atoms with Crippen LogP contribution >= 0.6 is 11.8 Å². The number of nitrogens with zero attached hydrogens (tertiary/aromatic N) is 4. The van der Waals surface area contributed by atoms with Crippen molar-refractivity contribution in [2.45, 2.75) is 36.1 Å². The maximum absolute atomic E-state index is 12.8. The summed E-state index contributed by atoms with van der Waals surface area (Å²) < 4.78 is 7.34. The molecule has 1 saturated heterocycles. The quantitative estimate of drug-likeness (QED) is 0.548. The van der Waals surface area contributed by atoms with E-state index in [1.807, 2.05) is 66.2 Å². The molecule has 5 rings (SSSR count). The molecule has 2 heterocycles. The Morgan fingerprint density at radius 2 is 1.78 bits per heavy atom. The van der Waals surface area contributed by atoms with Crippen molar-refractivity contribution in [2.24, 2.45) is 0 Å². The second-order valence-corrected chi connectivity index (χ2v) is 9.48. The number of hydrogen-bond donors (Lipinski definition) is 1. The fourth-order valence-electron chi connectivity index (χ4n) is 3.75. The van der Waals surface area contributed by atoms with Gasteiger partial charge in [-0.15, -0.1) is 5.10 Å². The van der Waals surface area contributed by atoms with Gasteiger partial charge in [-0.3, -0.25) is 4.79 Å².